The standard InChI is InChI=1S/C24H38N4O2/c1-24(2,3)18-21(29)27-14-16-28(17-15-27)22(19-8-4-5-9-19)23(30)26-13-11-20-10-6-7-12-25-20/h6-7,10,12,19,22H,4-5,8-9,11,13-18H2,1-3H3,(H,26,30). The van der Waals surface area contributed by atoms with Gasteiger partial charge in [-0.25, -0.2) is 0 Å². The van der Waals surface area contributed by atoms with Crippen LogP contribution in [0, 0.1) is 11.3 Å². The van der Waals surface area contributed by atoms with Crippen LogP contribution in [0.2, 0.25) is 0 Å². The van der Waals surface area contributed by atoms with E-state index in [1.807, 2.05) is 23.1 Å². The Hall–Kier alpha value is -1.95. The highest BCUT2D eigenvalue weighted by molar-refractivity contribution is 5.82. The molecule has 2 aliphatic rings. The van der Waals surface area contributed by atoms with Gasteiger partial charge in [-0.15, -0.1) is 0 Å². The van der Waals surface area contributed by atoms with Gasteiger partial charge < -0.3 is 10.2 Å². The summed E-state index contributed by atoms with van der Waals surface area (Å²) in [5.41, 5.74) is 1.01. The molecule has 1 aromatic heterocycles. The van der Waals surface area contributed by atoms with E-state index >= 15 is 0 Å². The third-order valence-corrected chi connectivity index (χ3v) is 6.26. The van der Waals surface area contributed by atoms with Crippen LogP contribution in [0.1, 0.15) is 58.6 Å². The molecule has 1 saturated carbocycles. The lowest BCUT2D eigenvalue weighted by Crippen LogP contribution is -2.58. The van der Waals surface area contributed by atoms with E-state index in [-0.39, 0.29) is 23.3 Å². The fourth-order valence-corrected chi connectivity index (χ4v) is 4.73. The highest BCUT2D eigenvalue weighted by Gasteiger charge is 2.37. The minimum absolute atomic E-state index is 0.00803. The van der Waals surface area contributed by atoms with Crippen LogP contribution in [0.25, 0.3) is 0 Å². The van der Waals surface area contributed by atoms with Crippen LogP contribution in [0.3, 0.4) is 0 Å². The van der Waals surface area contributed by atoms with Crippen molar-refractivity contribution in [2.45, 2.75) is 65.3 Å². The summed E-state index contributed by atoms with van der Waals surface area (Å²) in [4.78, 5) is 34.4. The van der Waals surface area contributed by atoms with Crippen molar-refractivity contribution in [2.75, 3.05) is 32.7 Å². The fourth-order valence-electron chi connectivity index (χ4n) is 4.73. The number of hydrogen-bond donors (Lipinski definition) is 1. The van der Waals surface area contributed by atoms with Crippen LogP contribution in [-0.2, 0) is 16.0 Å². The molecule has 30 heavy (non-hydrogen) atoms. The van der Waals surface area contributed by atoms with Crippen LogP contribution in [0.5, 0.6) is 0 Å². The molecule has 0 aromatic carbocycles. The fraction of sp³-hybridized carbons (Fsp3) is 0.708. The molecular weight excluding hydrogens is 376 g/mol. The lowest BCUT2D eigenvalue weighted by atomic mass is 9.91. The second kappa shape index (κ2) is 10.4. The predicted molar refractivity (Wildman–Crippen MR) is 119 cm³/mol. The van der Waals surface area contributed by atoms with Crippen LogP contribution in [0.4, 0.5) is 0 Å². The Balaban J connectivity index is 1.55. The maximum Gasteiger partial charge on any atom is 0.237 e. The molecule has 2 fully saturated rings. The molecule has 2 amide bonds. The summed E-state index contributed by atoms with van der Waals surface area (Å²) in [7, 11) is 0. The molecule has 1 aromatic rings. The molecule has 1 atom stereocenters. The Morgan fingerprint density at radius 3 is 2.43 bits per heavy atom. The lowest BCUT2D eigenvalue weighted by Gasteiger charge is -2.41. The molecule has 0 spiro atoms. The van der Waals surface area contributed by atoms with Crippen molar-refractivity contribution in [2.24, 2.45) is 11.3 Å². The maximum absolute atomic E-state index is 13.2. The van der Waals surface area contributed by atoms with Gasteiger partial charge in [0.15, 0.2) is 0 Å². The van der Waals surface area contributed by atoms with E-state index in [2.05, 4.69) is 36.0 Å². The molecule has 0 radical (unpaired) electrons. The third-order valence-electron chi connectivity index (χ3n) is 6.26. The Kier molecular flexibility index (Phi) is 7.87. The van der Waals surface area contributed by atoms with Gasteiger partial charge in [0, 0.05) is 57.5 Å². The predicted octanol–water partition coefficient (Wildman–Crippen LogP) is 2.88. The van der Waals surface area contributed by atoms with Crippen molar-refractivity contribution in [1.29, 1.82) is 0 Å². The second-order valence-corrected chi connectivity index (χ2v) is 10.0. The van der Waals surface area contributed by atoms with Crippen molar-refractivity contribution in [3.63, 3.8) is 0 Å². The molecule has 3 rings (SSSR count). The summed E-state index contributed by atoms with van der Waals surface area (Å²) < 4.78 is 0. The quantitative estimate of drug-likeness (QED) is 0.745. The van der Waals surface area contributed by atoms with Gasteiger partial charge in [0.2, 0.25) is 11.8 Å². The van der Waals surface area contributed by atoms with Gasteiger partial charge in [-0.1, -0.05) is 39.7 Å². The topological polar surface area (TPSA) is 65.5 Å². The van der Waals surface area contributed by atoms with Gasteiger partial charge in [-0.05, 0) is 36.3 Å². The van der Waals surface area contributed by atoms with E-state index in [4.69, 9.17) is 0 Å². The Morgan fingerprint density at radius 1 is 1.13 bits per heavy atom. The molecule has 6 nitrogen and oxygen atoms in total. The molecule has 1 aliphatic carbocycles. The Labute approximate surface area is 181 Å². The zero-order chi connectivity index (χ0) is 21.6. The molecule has 6 heteroatoms. The summed E-state index contributed by atoms with van der Waals surface area (Å²) in [5.74, 6) is 0.809. The van der Waals surface area contributed by atoms with Gasteiger partial charge in [-0.2, -0.15) is 0 Å². The van der Waals surface area contributed by atoms with Gasteiger partial charge in [-0.3, -0.25) is 19.5 Å². The van der Waals surface area contributed by atoms with E-state index in [1.165, 1.54) is 12.8 Å². The number of piperazine rings is 1. The number of hydrogen-bond acceptors (Lipinski definition) is 4. The van der Waals surface area contributed by atoms with Crippen molar-refractivity contribution >= 4 is 11.8 Å². The van der Waals surface area contributed by atoms with Crippen molar-refractivity contribution in [1.82, 2.24) is 20.1 Å². The van der Waals surface area contributed by atoms with E-state index in [0.717, 1.165) is 51.1 Å². The van der Waals surface area contributed by atoms with Gasteiger partial charge in [0.05, 0.1) is 6.04 Å². The largest absolute Gasteiger partial charge is 0.354 e. The number of rotatable bonds is 7. The minimum atomic E-state index is -0.0731. The van der Waals surface area contributed by atoms with E-state index < -0.39 is 0 Å². The van der Waals surface area contributed by atoms with E-state index in [9.17, 15) is 9.59 Å². The average molecular weight is 415 g/mol. The number of nitrogens with one attached hydrogen (secondary N) is 1. The third kappa shape index (κ3) is 6.53. The monoisotopic (exact) mass is 414 g/mol. The van der Waals surface area contributed by atoms with Crippen molar-refractivity contribution < 1.29 is 9.59 Å². The van der Waals surface area contributed by atoms with E-state index in [1.54, 1.807) is 6.20 Å². The molecule has 1 N–H and O–H groups in total. The molecule has 1 unspecified atom stereocenters. The maximum atomic E-state index is 13.2. The molecule has 1 saturated heterocycles. The SMILES string of the molecule is CC(C)(C)CC(=O)N1CCN(C(C(=O)NCCc2ccccn2)C2CCCC2)CC1. The van der Waals surface area contributed by atoms with Gasteiger partial charge in [0.25, 0.3) is 0 Å². The summed E-state index contributed by atoms with van der Waals surface area (Å²) in [6.07, 6.45) is 7.80. The molecule has 2 heterocycles. The van der Waals surface area contributed by atoms with Crippen LogP contribution in [0.15, 0.2) is 24.4 Å². The molecule has 0 bridgehead atoms. The van der Waals surface area contributed by atoms with Crippen molar-refractivity contribution in [3.05, 3.63) is 30.1 Å². The Bertz CT molecular complexity index is 687. The summed E-state index contributed by atoms with van der Waals surface area (Å²) in [6.45, 7) is 9.93. The first-order valence-electron chi connectivity index (χ1n) is 11.5. The highest BCUT2D eigenvalue weighted by atomic mass is 16.2. The summed E-state index contributed by atoms with van der Waals surface area (Å²) in [6, 6.07) is 5.81. The number of amides is 2. The zero-order valence-electron chi connectivity index (χ0n) is 18.9. The number of nitrogens with zero attached hydrogens (tertiary/aromatic N) is 3. The first kappa shape index (κ1) is 22.7. The zero-order valence-corrected chi connectivity index (χ0v) is 18.9. The molecular formula is C24H38N4O2. The minimum Gasteiger partial charge on any atom is -0.354 e. The van der Waals surface area contributed by atoms with Crippen LogP contribution in [-0.4, -0.2) is 65.4 Å². The smallest absolute Gasteiger partial charge is 0.237 e. The first-order valence-corrected chi connectivity index (χ1v) is 11.5. The van der Waals surface area contributed by atoms with Crippen molar-refractivity contribution in [3.8, 4) is 0 Å². The van der Waals surface area contributed by atoms with Crippen LogP contribution >= 0.6 is 0 Å². The first-order chi connectivity index (χ1) is 14.3. The normalized spacial score (nSPS) is 19.6. The number of pyridine rings is 1. The van der Waals surface area contributed by atoms with Crippen LogP contribution < -0.4 is 5.32 Å². The molecule has 1 aliphatic heterocycles. The van der Waals surface area contributed by atoms with E-state index in [0.29, 0.717) is 18.9 Å². The summed E-state index contributed by atoms with van der Waals surface area (Å²) in [5, 5.41) is 3.17. The average Bonchev–Trinajstić information content (AvgIpc) is 3.22. The Morgan fingerprint density at radius 2 is 1.83 bits per heavy atom. The second-order valence-electron chi connectivity index (χ2n) is 10.0. The van der Waals surface area contributed by atoms with Gasteiger partial charge >= 0.3 is 0 Å². The van der Waals surface area contributed by atoms with Gasteiger partial charge in [0.1, 0.15) is 0 Å². The number of aromatic nitrogens is 1. The number of carbonyl (C=O) groups is 2. The lowest BCUT2D eigenvalue weighted by molar-refractivity contribution is -0.136. The summed E-state index contributed by atoms with van der Waals surface area (Å²) >= 11 is 0. The number of carbonyl (C=O) groups excluding carboxylic acids is 2. The highest BCUT2D eigenvalue weighted by Crippen LogP contribution is 2.31. The molecule has 166 valence electrons.